The van der Waals surface area contributed by atoms with Crippen molar-refractivity contribution in [2.24, 2.45) is 0 Å². The molecule has 0 aromatic heterocycles. The molecule has 0 radical (unpaired) electrons. The van der Waals surface area contributed by atoms with Crippen molar-refractivity contribution >= 4 is 32.6 Å². The van der Waals surface area contributed by atoms with Crippen molar-refractivity contribution in [1.29, 1.82) is 0 Å². The van der Waals surface area contributed by atoms with E-state index < -0.39 is 43.4 Å². The van der Waals surface area contributed by atoms with Crippen molar-refractivity contribution in [2.45, 2.75) is 30.3 Å². The Bertz CT molecular complexity index is 1010. The third-order valence-corrected chi connectivity index (χ3v) is 7.21. The number of likely N-dealkylation sites (tertiary alicyclic amines) is 1. The molecule has 0 bridgehead atoms. The molecule has 10 heteroatoms. The van der Waals surface area contributed by atoms with E-state index in [1.54, 1.807) is 0 Å². The summed E-state index contributed by atoms with van der Waals surface area (Å²) in [6, 6.07) is 14.6. The van der Waals surface area contributed by atoms with Crippen LogP contribution in [-0.4, -0.2) is 53.5 Å². The zero-order chi connectivity index (χ0) is 21.7. The highest BCUT2D eigenvalue weighted by Crippen LogP contribution is 2.30. The second kappa shape index (κ2) is 9.65. The lowest BCUT2D eigenvalue weighted by molar-refractivity contribution is -0.387. The molecule has 0 saturated carbocycles. The smallest absolute Gasteiger partial charge is 0.289 e. The number of halogens is 1. The van der Waals surface area contributed by atoms with Gasteiger partial charge in [0, 0.05) is 31.7 Å². The molecular formula is C20H22ClN3O5S. The molecule has 1 fully saturated rings. The Morgan fingerprint density at radius 3 is 2.30 bits per heavy atom. The molecule has 1 heterocycles. The van der Waals surface area contributed by atoms with Gasteiger partial charge < -0.3 is 0 Å². The van der Waals surface area contributed by atoms with Gasteiger partial charge in [0.2, 0.25) is 5.24 Å². The van der Waals surface area contributed by atoms with Gasteiger partial charge in [-0.2, -0.15) is 4.31 Å². The van der Waals surface area contributed by atoms with Crippen LogP contribution < -0.4 is 0 Å². The summed E-state index contributed by atoms with van der Waals surface area (Å²) < 4.78 is 27.5. The first kappa shape index (κ1) is 22.4. The predicted molar refractivity (Wildman–Crippen MR) is 113 cm³/mol. The lowest BCUT2D eigenvalue weighted by Crippen LogP contribution is -2.48. The number of piperidine rings is 1. The van der Waals surface area contributed by atoms with E-state index in [4.69, 9.17) is 11.6 Å². The average molecular weight is 452 g/mol. The molecule has 1 aliphatic rings. The van der Waals surface area contributed by atoms with Gasteiger partial charge in [-0.15, -0.1) is 0 Å². The highest BCUT2D eigenvalue weighted by molar-refractivity contribution is 7.89. The molecule has 160 valence electrons. The molecule has 2 aromatic rings. The second-order valence-electron chi connectivity index (χ2n) is 7.12. The van der Waals surface area contributed by atoms with Crippen LogP contribution >= 0.6 is 11.6 Å². The number of hydrogen-bond acceptors (Lipinski definition) is 6. The van der Waals surface area contributed by atoms with Gasteiger partial charge in [-0.1, -0.05) is 42.5 Å². The highest BCUT2D eigenvalue weighted by atomic mass is 35.5. The van der Waals surface area contributed by atoms with Crippen LogP contribution in [0.1, 0.15) is 18.4 Å². The van der Waals surface area contributed by atoms with Crippen LogP contribution in [0, 0.1) is 10.1 Å². The Morgan fingerprint density at radius 1 is 1.10 bits per heavy atom. The van der Waals surface area contributed by atoms with Gasteiger partial charge in [0.1, 0.15) is 0 Å². The first-order chi connectivity index (χ1) is 14.3. The summed E-state index contributed by atoms with van der Waals surface area (Å²) in [7, 11) is -4.28. The topological polar surface area (TPSA) is 101 Å². The minimum atomic E-state index is -4.28. The number of hydrogen-bond donors (Lipinski definition) is 0. The lowest BCUT2D eigenvalue weighted by atomic mass is 10.0. The number of nitrogens with zero attached hydrogens (tertiary/aromatic N) is 3. The number of carbonyl (C=O) groups excluding carboxylic acids is 1. The summed E-state index contributed by atoms with van der Waals surface area (Å²) in [4.78, 5) is 24.0. The van der Waals surface area contributed by atoms with Gasteiger partial charge in [-0.3, -0.25) is 19.8 Å². The van der Waals surface area contributed by atoms with Gasteiger partial charge in [0.25, 0.3) is 15.7 Å². The van der Waals surface area contributed by atoms with Gasteiger partial charge in [-0.05, 0) is 36.1 Å². The van der Waals surface area contributed by atoms with Crippen molar-refractivity contribution in [3.8, 4) is 0 Å². The van der Waals surface area contributed by atoms with E-state index in [-0.39, 0.29) is 0 Å². The van der Waals surface area contributed by atoms with E-state index >= 15 is 0 Å². The first-order valence-electron chi connectivity index (χ1n) is 9.49. The van der Waals surface area contributed by atoms with Crippen LogP contribution in [0.4, 0.5) is 5.69 Å². The van der Waals surface area contributed by atoms with E-state index in [2.05, 4.69) is 4.90 Å². The summed E-state index contributed by atoms with van der Waals surface area (Å²) >= 11 is 5.53. The maximum absolute atomic E-state index is 13.3. The second-order valence-corrected chi connectivity index (χ2v) is 9.40. The molecule has 1 saturated heterocycles. The van der Waals surface area contributed by atoms with Gasteiger partial charge in [0.15, 0.2) is 4.90 Å². The van der Waals surface area contributed by atoms with Crippen molar-refractivity contribution in [1.82, 2.24) is 9.21 Å². The fraction of sp³-hybridized carbons (Fsp3) is 0.350. The van der Waals surface area contributed by atoms with E-state index in [0.717, 1.165) is 22.5 Å². The monoisotopic (exact) mass is 451 g/mol. The van der Waals surface area contributed by atoms with Crippen molar-refractivity contribution in [3.05, 3.63) is 70.3 Å². The zero-order valence-electron chi connectivity index (χ0n) is 16.2. The lowest BCUT2D eigenvalue weighted by Gasteiger charge is -2.37. The highest BCUT2D eigenvalue weighted by Gasteiger charge is 2.38. The normalized spacial score (nSPS) is 15.9. The van der Waals surface area contributed by atoms with Crippen LogP contribution in [0.2, 0.25) is 0 Å². The third kappa shape index (κ3) is 5.23. The standard InChI is InChI=1S/C20H22ClN3O5S/c21-20(25)15-23(30(28,29)19-9-5-4-8-18(19)24(26)27)17-10-12-22(13-11-17)14-16-6-2-1-3-7-16/h1-9,17H,10-15H2. The molecule has 0 amide bonds. The largest absolute Gasteiger partial charge is 0.299 e. The minimum Gasteiger partial charge on any atom is -0.299 e. The number of nitro groups is 1. The predicted octanol–water partition coefficient (Wildman–Crippen LogP) is 3.02. The van der Waals surface area contributed by atoms with Gasteiger partial charge >= 0.3 is 0 Å². The van der Waals surface area contributed by atoms with E-state index in [9.17, 15) is 23.3 Å². The molecule has 1 aliphatic heterocycles. The molecule has 0 spiro atoms. The Balaban J connectivity index is 1.80. The molecule has 0 aliphatic carbocycles. The molecule has 0 atom stereocenters. The van der Waals surface area contributed by atoms with Crippen LogP contribution in [0.15, 0.2) is 59.5 Å². The van der Waals surface area contributed by atoms with Crippen LogP contribution in [0.3, 0.4) is 0 Å². The first-order valence-corrected chi connectivity index (χ1v) is 11.3. The Kier molecular flexibility index (Phi) is 7.19. The number of para-hydroxylation sites is 1. The number of sulfonamides is 1. The number of rotatable bonds is 8. The number of carbonyl (C=O) groups is 1. The Hall–Kier alpha value is -2.33. The van der Waals surface area contributed by atoms with E-state index in [0.29, 0.717) is 25.9 Å². The third-order valence-electron chi connectivity index (χ3n) is 5.14. The fourth-order valence-corrected chi connectivity index (χ4v) is 5.69. The minimum absolute atomic E-state index is 0.431. The van der Waals surface area contributed by atoms with Gasteiger partial charge in [-0.25, -0.2) is 8.42 Å². The maximum atomic E-state index is 13.3. The molecule has 0 unspecified atom stereocenters. The molecule has 8 nitrogen and oxygen atoms in total. The summed E-state index contributed by atoms with van der Waals surface area (Å²) in [6.07, 6.45) is 0.994. The molecule has 3 rings (SSSR count). The summed E-state index contributed by atoms with van der Waals surface area (Å²) in [6.45, 7) is 1.50. The van der Waals surface area contributed by atoms with Crippen molar-refractivity contribution in [2.75, 3.05) is 19.6 Å². The van der Waals surface area contributed by atoms with Gasteiger partial charge in [0.05, 0.1) is 11.5 Å². The van der Waals surface area contributed by atoms with Crippen LogP contribution in [0.5, 0.6) is 0 Å². The molecule has 2 aromatic carbocycles. The summed E-state index contributed by atoms with van der Waals surface area (Å²) in [5.41, 5.74) is 0.641. The molecular weight excluding hydrogens is 430 g/mol. The van der Waals surface area contributed by atoms with Crippen molar-refractivity contribution in [3.63, 3.8) is 0 Å². The number of nitro benzene ring substituents is 1. The Labute approximate surface area is 180 Å². The summed E-state index contributed by atoms with van der Waals surface area (Å²) in [5, 5.41) is 10.5. The van der Waals surface area contributed by atoms with Crippen LogP contribution in [-0.2, 0) is 21.4 Å². The molecule has 0 N–H and O–H groups in total. The van der Waals surface area contributed by atoms with Crippen molar-refractivity contribution < 1.29 is 18.1 Å². The SMILES string of the molecule is O=C(Cl)CN(C1CCN(Cc2ccccc2)CC1)S(=O)(=O)c1ccccc1[N+](=O)[O-]. The van der Waals surface area contributed by atoms with E-state index in [1.807, 2.05) is 30.3 Å². The quantitative estimate of drug-likeness (QED) is 0.347. The number of benzene rings is 2. The van der Waals surface area contributed by atoms with E-state index in [1.165, 1.54) is 18.2 Å². The average Bonchev–Trinajstić information content (AvgIpc) is 2.73. The maximum Gasteiger partial charge on any atom is 0.289 e. The Morgan fingerprint density at radius 2 is 1.70 bits per heavy atom. The zero-order valence-corrected chi connectivity index (χ0v) is 17.8. The van der Waals surface area contributed by atoms with Crippen LogP contribution in [0.25, 0.3) is 0 Å². The fourth-order valence-electron chi connectivity index (χ4n) is 3.69. The molecule has 30 heavy (non-hydrogen) atoms. The summed E-state index contributed by atoms with van der Waals surface area (Å²) in [5.74, 6) is 0.